The smallest absolute Gasteiger partial charge is 0.246 e. The highest BCUT2D eigenvalue weighted by atomic mass is 32.1. The third-order valence-corrected chi connectivity index (χ3v) is 5.36. The van der Waals surface area contributed by atoms with Crippen molar-refractivity contribution >= 4 is 23.2 Å². The largest absolute Gasteiger partial charge is 0.343 e. The predicted octanol–water partition coefficient (Wildman–Crippen LogP) is 2.30. The van der Waals surface area contributed by atoms with Crippen LogP contribution >= 0.6 is 11.3 Å². The summed E-state index contributed by atoms with van der Waals surface area (Å²) < 4.78 is 0. The van der Waals surface area contributed by atoms with Gasteiger partial charge in [-0.25, -0.2) is 0 Å². The Labute approximate surface area is 123 Å². The highest BCUT2D eigenvalue weighted by molar-refractivity contribution is 7.09. The Kier molecular flexibility index (Phi) is 3.54. The van der Waals surface area contributed by atoms with Crippen LogP contribution in [-0.2, 0) is 16.1 Å². The molecular weight excluding hydrogens is 272 g/mol. The highest BCUT2D eigenvalue weighted by Crippen LogP contribution is 2.37. The van der Waals surface area contributed by atoms with Gasteiger partial charge >= 0.3 is 0 Å². The van der Waals surface area contributed by atoms with Gasteiger partial charge in [0.1, 0.15) is 11.6 Å². The Morgan fingerprint density at radius 3 is 2.75 bits per heavy atom. The van der Waals surface area contributed by atoms with Crippen LogP contribution in [0.4, 0.5) is 0 Å². The van der Waals surface area contributed by atoms with Crippen LogP contribution in [0.3, 0.4) is 0 Å². The molecule has 3 rings (SSSR count). The van der Waals surface area contributed by atoms with E-state index in [4.69, 9.17) is 0 Å². The molecule has 2 amide bonds. The van der Waals surface area contributed by atoms with Gasteiger partial charge in [-0.3, -0.25) is 9.59 Å². The lowest BCUT2D eigenvalue weighted by Gasteiger charge is -2.49. The second-order valence-electron chi connectivity index (χ2n) is 5.79. The summed E-state index contributed by atoms with van der Waals surface area (Å²) in [6, 6.07) is 3.62. The zero-order chi connectivity index (χ0) is 14.2. The first kappa shape index (κ1) is 13.6. The Balaban J connectivity index is 1.94. The van der Waals surface area contributed by atoms with Crippen molar-refractivity contribution in [1.82, 2.24) is 10.2 Å². The molecule has 1 atom stereocenters. The lowest BCUT2D eigenvalue weighted by molar-refractivity contribution is -0.160. The molecule has 1 aromatic heterocycles. The van der Waals surface area contributed by atoms with Crippen LogP contribution < -0.4 is 5.32 Å². The van der Waals surface area contributed by atoms with Crippen molar-refractivity contribution in [3.63, 3.8) is 0 Å². The average Bonchev–Trinajstić information content (AvgIpc) is 2.96. The van der Waals surface area contributed by atoms with Crippen molar-refractivity contribution in [2.45, 2.75) is 57.2 Å². The average molecular weight is 292 g/mol. The molecule has 20 heavy (non-hydrogen) atoms. The number of thiophene rings is 1. The van der Waals surface area contributed by atoms with Crippen LogP contribution in [0.25, 0.3) is 0 Å². The maximum Gasteiger partial charge on any atom is 0.246 e. The molecule has 2 heterocycles. The van der Waals surface area contributed by atoms with E-state index in [1.807, 2.05) is 22.4 Å². The van der Waals surface area contributed by atoms with Gasteiger partial charge in [0.05, 0.1) is 6.54 Å². The summed E-state index contributed by atoms with van der Waals surface area (Å²) in [6.07, 6.45) is 4.79. The Morgan fingerprint density at radius 2 is 2.10 bits per heavy atom. The Bertz CT molecular complexity index is 506. The molecule has 5 heteroatoms. The molecule has 108 valence electrons. The molecule has 2 aliphatic rings. The van der Waals surface area contributed by atoms with Gasteiger partial charge in [-0.1, -0.05) is 25.3 Å². The number of amides is 2. The first-order valence-electron chi connectivity index (χ1n) is 7.28. The van der Waals surface area contributed by atoms with E-state index in [2.05, 4.69) is 5.32 Å². The molecule has 1 aromatic rings. The van der Waals surface area contributed by atoms with Gasteiger partial charge in [0.15, 0.2) is 0 Å². The van der Waals surface area contributed by atoms with E-state index in [9.17, 15) is 9.59 Å². The molecule has 0 aromatic carbocycles. The van der Waals surface area contributed by atoms with Crippen molar-refractivity contribution in [3.8, 4) is 0 Å². The third kappa shape index (κ3) is 2.14. The number of hydrogen-bond acceptors (Lipinski definition) is 3. The van der Waals surface area contributed by atoms with Crippen LogP contribution in [0.2, 0.25) is 0 Å². The van der Waals surface area contributed by atoms with Crippen molar-refractivity contribution in [3.05, 3.63) is 22.4 Å². The molecule has 1 spiro atoms. The van der Waals surface area contributed by atoms with Gasteiger partial charge in [-0.05, 0) is 31.2 Å². The van der Waals surface area contributed by atoms with Crippen molar-refractivity contribution < 1.29 is 9.59 Å². The lowest BCUT2D eigenvalue weighted by Crippen LogP contribution is -2.70. The van der Waals surface area contributed by atoms with E-state index >= 15 is 0 Å². The van der Waals surface area contributed by atoms with Gasteiger partial charge < -0.3 is 10.2 Å². The van der Waals surface area contributed by atoms with Crippen molar-refractivity contribution in [2.24, 2.45) is 0 Å². The van der Waals surface area contributed by atoms with E-state index in [1.54, 1.807) is 18.3 Å². The summed E-state index contributed by atoms with van der Waals surface area (Å²) in [4.78, 5) is 28.1. The summed E-state index contributed by atoms with van der Waals surface area (Å²) in [5.41, 5.74) is -0.605. The zero-order valence-corrected chi connectivity index (χ0v) is 12.5. The molecular formula is C15H20N2O2S. The van der Waals surface area contributed by atoms with Crippen molar-refractivity contribution in [1.29, 1.82) is 0 Å². The fourth-order valence-electron chi connectivity index (χ4n) is 3.38. The molecule has 4 nitrogen and oxygen atoms in total. The molecule has 0 radical (unpaired) electrons. The summed E-state index contributed by atoms with van der Waals surface area (Å²) >= 11 is 1.64. The van der Waals surface area contributed by atoms with Crippen LogP contribution in [0, 0.1) is 0 Å². The molecule has 1 saturated heterocycles. The first-order chi connectivity index (χ1) is 9.63. The molecule has 1 N–H and O–H groups in total. The minimum Gasteiger partial charge on any atom is -0.343 e. The summed E-state index contributed by atoms with van der Waals surface area (Å²) in [6.45, 7) is 2.34. The third-order valence-electron chi connectivity index (χ3n) is 4.50. The van der Waals surface area contributed by atoms with E-state index in [-0.39, 0.29) is 11.8 Å². The fourth-order valence-corrected chi connectivity index (χ4v) is 4.07. The normalized spacial score (nSPS) is 25.9. The fraction of sp³-hybridized carbons (Fsp3) is 0.600. The van der Waals surface area contributed by atoms with E-state index in [0.717, 1.165) is 37.0 Å². The van der Waals surface area contributed by atoms with Gasteiger partial charge in [-0.2, -0.15) is 0 Å². The summed E-state index contributed by atoms with van der Waals surface area (Å²) in [5, 5.41) is 4.89. The second kappa shape index (κ2) is 5.20. The maximum absolute atomic E-state index is 12.6. The number of piperazine rings is 1. The first-order valence-corrected chi connectivity index (χ1v) is 8.16. The second-order valence-corrected chi connectivity index (χ2v) is 6.82. The lowest BCUT2D eigenvalue weighted by atomic mass is 9.77. The van der Waals surface area contributed by atoms with E-state index < -0.39 is 11.6 Å². The Morgan fingerprint density at radius 1 is 1.35 bits per heavy atom. The van der Waals surface area contributed by atoms with Crippen LogP contribution in [0.5, 0.6) is 0 Å². The minimum absolute atomic E-state index is 0.0425. The molecule has 1 saturated carbocycles. The molecule has 2 fully saturated rings. The molecule has 1 aliphatic heterocycles. The topological polar surface area (TPSA) is 49.4 Å². The van der Waals surface area contributed by atoms with Crippen LogP contribution in [0.1, 0.15) is 43.9 Å². The Hall–Kier alpha value is -1.36. The molecule has 1 unspecified atom stereocenters. The number of hydrogen-bond donors (Lipinski definition) is 1. The molecule has 1 aliphatic carbocycles. The maximum atomic E-state index is 12.6. The van der Waals surface area contributed by atoms with E-state index in [1.165, 1.54) is 0 Å². The predicted molar refractivity (Wildman–Crippen MR) is 78.3 cm³/mol. The minimum atomic E-state index is -0.605. The number of nitrogens with one attached hydrogen (secondary N) is 1. The SMILES string of the molecule is CC1NC(=O)C2(CCCCC2)N(Cc2cccs2)C1=O. The number of nitrogens with zero attached hydrogens (tertiary/aromatic N) is 1. The quantitative estimate of drug-likeness (QED) is 0.909. The summed E-state index contributed by atoms with van der Waals surface area (Å²) in [5.74, 6) is 0.0979. The van der Waals surface area contributed by atoms with Crippen LogP contribution in [0.15, 0.2) is 17.5 Å². The zero-order valence-electron chi connectivity index (χ0n) is 11.7. The monoisotopic (exact) mass is 292 g/mol. The van der Waals surface area contributed by atoms with Gasteiger partial charge in [0.25, 0.3) is 0 Å². The number of carbonyl (C=O) groups excluding carboxylic acids is 2. The number of rotatable bonds is 2. The van der Waals surface area contributed by atoms with Crippen LogP contribution in [-0.4, -0.2) is 28.3 Å². The standard InChI is InChI=1S/C15H20N2O2S/c1-11-13(18)17(10-12-6-5-9-20-12)15(14(19)16-11)7-3-2-4-8-15/h5-6,9,11H,2-4,7-8,10H2,1H3,(H,16,19). The number of carbonyl (C=O) groups is 2. The summed E-state index contributed by atoms with van der Waals surface area (Å²) in [7, 11) is 0. The highest BCUT2D eigenvalue weighted by Gasteiger charge is 2.51. The molecule has 0 bridgehead atoms. The van der Waals surface area contributed by atoms with Gasteiger partial charge in [-0.15, -0.1) is 11.3 Å². The van der Waals surface area contributed by atoms with Gasteiger partial charge in [0.2, 0.25) is 11.8 Å². The van der Waals surface area contributed by atoms with Gasteiger partial charge in [0, 0.05) is 4.88 Å². The van der Waals surface area contributed by atoms with Crippen molar-refractivity contribution in [2.75, 3.05) is 0 Å². The van der Waals surface area contributed by atoms with E-state index in [0.29, 0.717) is 6.54 Å².